The van der Waals surface area contributed by atoms with Crippen molar-refractivity contribution >= 4 is 10.4 Å². The third-order valence-corrected chi connectivity index (χ3v) is 10.6. The van der Waals surface area contributed by atoms with Crippen LogP contribution in [0.15, 0.2) is 78.9 Å². The van der Waals surface area contributed by atoms with E-state index in [0.717, 1.165) is 14.2 Å². The third kappa shape index (κ3) is 3.86. The standard InChI is InChI=1S/C13H9.C9H7.C2H4.2CH3O.Ti/c1-3-7-12-10(5-1)9-11-6-2-4-8-13(11)12;1-2-5-9-7-3-6-8(9)4-1;3*1-2;/h1-9H;1-7H;1H,2H3;2*1H3;/q;;;2*-1;+2. The maximum Gasteiger partial charge on any atom is -0.153 e. The Balaban J connectivity index is 0.000000568. The van der Waals surface area contributed by atoms with Crippen molar-refractivity contribution in [2.24, 2.45) is 0 Å². The molecule has 0 radical (unpaired) electrons. The SMILES string of the molecule is C/[CH]=[Ti+2](\[CH]1C=Cc2ccccc21)[CH]1c2ccccc2-c2ccccc21.C[O-].C[O-]. The Morgan fingerprint density at radius 2 is 1.17 bits per heavy atom. The van der Waals surface area contributed by atoms with Crippen molar-refractivity contribution in [3.63, 3.8) is 0 Å². The van der Waals surface area contributed by atoms with Crippen LogP contribution < -0.4 is 10.2 Å². The van der Waals surface area contributed by atoms with Gasteiger partial charge in [-0.1, -0.05) is 0 Å². The van der Waals surface area contributed by atoms with E-state index in [1.807, 2.05) is 0 Å². The van der Waals surface area contributed by atoms with Crippen LogP contribution in [0.1, 0.15) is 37.6 Å². The average molecular weight is 418 g/mol. The fraction of sp³-hybridized carbons (Fsp3) is 0.192. The Labute approximate surface area is 179 Å². The van der Waals surface area contributed by atoms with Gasteiger partial charge in [0, 0.05) is 0 Å². The van der Waals surface area contributed by atoms with Crippen molar-refractivity contribution in [3.8, 4) is 11.1 Å². The predicted molar refractivity (Wildman–Crippen MR) is 116 cm³/mol. The second-order valence-electron chi connectivity index (χ2n) is 6.86. The molecule has 146 valence electrons. The molecule has 29 heavy (non-hydrogen) atoms. The van der Waals surface area contributed by atoms with Gasteiger partial charge in [-0.15, -0.1) is 0 Å². The molecule has 2 nitrogen and oxygen atoms in total. The Kier molecular flexibility index (Phi) is 7.52. The molecule has 1 atom stereocenters. The summed E-state index contributed by atoms with van der Waals surface area (Å²) in [6, 6.07) is 27.1. The summed E-state index contributed by atoms with van der Waals surface area (Å²) in [6.07, 6.45) is 4.81. The third-order valence-electron chi connectivity index (χ3n) is 5.66. The quantitative estimate of drug-likeness (QED) is 0.593. The molecule has 0 saturated carbocycles. The first-order valence-electron chi connectivity index (χ1n) is 9.81. The molecule has 0 N–H and O–H groups in total. The van der Waals surface area contributed by atoms with Gasteiger partial charge >= 0.3 is 155 Å². The van der Waals surface area contributed by atoms with Crippen molar-refractivity contribution in [3.05, 3.63) is 101 Å². The molecule has 0 aliphatic heterocycles. The van der Waals surface area contributed by atoms with E-state index in [-0.39, 0.29) is 0 Å². The van der Waals surface area contributed by atoms with E-state index in [4.69, 9.17) is 10.2 Å². The first kappa shape index (κ1) is 21.6. The van der Waals surface area contributed by atoms with Gasteiger partial charge in [-0.3, -0.25) is 0 Å². The Bertz CT molecular complexity index is 991. The molecule has 3 aromatic carbocycles. The van der Waals surface area contributed by atoms with Crippen molar-refractivity contribution in [2.75, 3.05) is 14.2 Å². The van der Waals surface area contributed by atoms with E-state index in [9.17, 15) is 0 Å². The largest absolute Gasteiger partial charge is 0.857 e. The molecule has 3 heteroatoms. The van der Waals surface area contributed by atoms with Crippen LogP contribution in [0.4, 0.5) is 0 Å². The zero-order valence-electron chi connectivity index (χ0n) is 17.1. The normalized spacial score (nSPS) is 15.4. The zero-order valence-corrected chi connectivity index (χ0v) is 18.7. The summed E-state index contributed by atoms with van der Waals surface area (Å²) < 4.78 is 3.80. The molecule has 0 spiro atoms. The zero-order chi connectivity index (χ0) is 20.8. The van der Waals surface area contributed by atoms with Crippen LogP contribution in [-0.4, -0.2) is 18.5 Å². The van der Waals surface area contributed by atoms with Crippen LogP contribution in [-0.2, 0) is 17.4 Å². The molecule has 0 fully saturated rings. The van der Waals surface area contributed by atoms with Gasteiger partial charge in [0.25, 0.3) is 0 Å². The van der Waals surface area contributed by atoms with Crippen molar-refractivity contribution in [1.82, 2.24) is 0 Å². The average Bonchev–Trinajstić information content (AvgIpc) is 3.38. The van der Waals surface area contributed by atoms with Crippen LogP contribution in [0.5, 0.6) is 0 Å². The molecule has 0 bridgehead atoms. The monoisotopic (exact) mass is 418 g/mol. The van der Waals surface area contributed by atoms with Crippen LogP contribution in [0.2, 0.25) is 0 Å². The topological polar surface area (TPSA) is 46.1 Å². The number of allylic oxidation sites excluding steroid dienone is 1. The van der Waals surface area contributed by atoms with Crippen molar-refractivity contribution < 1.29 is 27.6 Å². The van der Waals surface area contributed by atoms with Gasteiger partial charge in [-0.05, 0) is 0 Å². The first-order valence-corrected chi connectivity index (χ1v) is 12.5. The number of fused-ring (bicyclic) bond motifs is 4. The summed E-state index contributed by atoms with van der Waals surface area (Å²) in [5, 5.41) is 16.5. The number of rotatable bonds is 2. The summed E-state index contributed by atoms with van der Waals surface area (Å²) in [5.74, 6) is 0. The van der Waals surface area contributed by atoms with Crippen molar-refractivity contribution in [2.45, 2.75) is 15.4 Å². The second kappa shape index (κ2) is 10.1. The summed E-state index contributed by atoms with van der Waals surface area (Å²) in [6.45, 7) is 2.30. The second-order valence-corrected chi connectivity index (χ2v) is 11.2. The molecule has 0 aromatic heterocycles. The Morgan fingerprint density at radius 3 is 1.72 bits per heavy atom. The molecule has 3 aromatic rings. The summed E-state index contributed by atoms with van der Waals surface area (Å²) in [5.41, 5.74) is 8.95. The van der Waals surface area contributed by atoms with Gasteiger partial charge in [0.1, 0.15) is 0 Å². The molecule has 0 heterocycles. The van der Waals surface area contributed by atoms with Gasteiger partial charge in [0.15, 0.2) is 0 Å². The minimum Gasteiger partial charge on any atom is -0.857 e. The van der Waals surface area contributed by atoms with E-state index >= 15 is 0 Å². The first-order chi connectivity index (χ1) is 14.4. The van der Waals surface area contributed by atoms with Crippen LogP contribution >= 0.6 is 0 Å². The van der Waals surface area contributed by atoms with Crippen molar-refractivity contribution in [1.29, 1.82) is 0 Å². The van der Waals surface area contributed by atoms with E-state index in [0.29, 0.717) is 8.45 Å². The molecule has 2 aliphatic carbocycles. The van der Waals surface area contributed by atoms with Gasteiger partial charge in [-0.25, -0.2) is 0 Å². The molecule has 2 aliphatic rings. The maximum atomic E-state index is 8.25. The predicted octanol–water partition coefficient (Wildman–Crippen LogP) is 3.92. The molecule has 1 unspecified atom stereocenters. The Morgan fingerprint density at radius 1 is 0.690 bits per heavy atom. The number of hydrogen-bond acceptors (Lipinski definition) is 2. The van der Waals surface area contributed by atoms with Gasteiger partial charge in [0.05, 0.1) is 0 Å². The summed E-state index contributed by atoms with van der Waals surface area (Å²) >= 11 is -1.58. The molecular weight excluding hydrogens is 392 g/mol. The fourth-order valence-corrected chi connectivity index (χ4v) is 9.60. The van der Waals surface area contributed by atoms with Crippen LogP contribution in [0.3, 0.4) is 0 Å². The minimum atomic E-state index is -1.58. The fourth-order valence-electron chi connectivity index (χ4n) is 4.58. The molecule has 0 saturated heterocycles. The molecular formula is C26H26O2Ti. The summed E-state index contributed by atoms with van der Waals surface area (Å²) in [4.78, 5) is 0. The summed E-state index contributed by atoms with van der Waals surface area (Å²) in [7, 11) is 1.50. The van der Waals surface area contributed by atoms with E-state index < -0.39 is 17.4 Å². The van der Waals surface area contributed by atoms with E-state index in [1.54, 1.807) is 11.1 Å². The van der Waals surface area contributed by atoms with Gasteiger partial charge in [-0.2, -0.15) is 14.2 Å². The maximum absolute atomic E-state index is 8.25. The van der Waals surface area contributed by atoms with Crippen LogP contribution in [0, 0.1) is 0 Å². The molecule has 5 rings (SSSR count). The number of benzene rings is 3. The number of hydrogen-bond donors (Lipinski definition) is 0. The van der Waals surface area contributed by atoms with E-state index in [1.165, 1.54) is 22.3 Å². The minimum absolute atomic E-state index is 0.596. The van der Waals surface area contributed by atoms with Gasteiger partial charge in [0.2, 0.25) is 0 Å². The molecule has 0 amide bonds. The van der Waals surface area contributed by atoms with Crippen LogP contribution in [0.25, 0.3) is 17.2 Å². The van der Waals surface area contributed by atoms with Gasteiger partial charge < -0.3 is 10.2 Å². The Hall–Kier alpha value is -2.10. The van der Waals surface area contributed by atoms with E-state index in [2.05, 4.69) is 96.2 Å². The smallest absolute Gasteiger partial charge is 0.153 e.